The molecule has 1 amide bonds. The summed E-state index contributed by atoms with van der Waals surface area (Å²) >= 11 is 0. The van der Waals surface area contributed by atoms with Crippen LogP contribution in [-0.4, -0.2) is 20.0 Å². The molecule has 2 aromatic rings. The van der Waals surface area contributed by atoms with Gasteiger partial charge in [0.15, 0.2) is 0 Å². The first kappa shape index (κ1) is 16.1. The van der Waals surface area contributed by atoms with Gasteiger partial charge in [0, 0.05) is 25.3 Å². The van der Waals surface area contributed by atoms with Gasteiger partial charge in [-0.15, -0.1) is 0 Å². The van der Waals surface area contributed by atoms with Crippen LogP contribution in [-0.2, 0) is 0 Å². The van der Waals surface area contributed by atoms with E-state index >= 15 is 0 Å². The molecule has 1 N–H and O–H groups in total. The van der Waals surface area contributed by atoms with Crippen LogP contribution in [0, 0.1) is 6.92 Å². The average Bonchev–Trinajstić information content (AvgIpc) is 2.53. The molecule has 0 aromatic heterocycles. The molecule has 22 heavy (non-hydrogen) atoms. The quantitative estimate of drug-likeness (QED) is 0.906. The summed E-state index contributed by atoms with van der Waals surface area (Å²) in [6, 6.07) is 16.0. The first-order valence-corrected chi connectivity index (χ1v) is 7.66. The van der Waals surface area contributed by atoms with Gasteiger partial charge in [-0.2, -0.15) is 0 Å². The Balaban J connectivity index is 2.15. The monoisotopic (exact) mass is 296 g/mol. The lowest BCUT2D eigenvalue weighted by molar-refractivity contribution is 0.0935. The van der Waals surface area contributed by atoms with Gasteiger partial charge in [0.1, 0.15) is 0 Å². The first-order valence-electron chi connectivity index (χ1n) is 7.66. The van der Waals surface area contributed by atoms with Crippen LogP contribution < -0.4 is 10.2 Å². The van der Waals surface area contributed by atoms with Crippen molar-refractivity contribution in [3.63, 3.8) is 0 Å². The van der Waals surface area contributed by atoms with E-state index in [4.69, 9.17) is 0 Å². The van der Waals surface area contributed by atoms with Crippen LogP contribution in [0.15, 0.2) is 48.5 Å². The SMILES string of the molecule is CCC(NC(=O)c1cccc(N(C)C)c1)c1ccc(C)cc1. The second-order valence-corrected chi connectivity index (χ2v) is 5.79. The third-order valence-corrected chi connectivity index (χ3v) is 3.82. The molecule has 0 heterocycles. The number of rotatable bonds is 5. The number of hydrogen-bond acceptors (Lipinski definition) is 2. The van der Waals surface area contributed by atoms with Crippen molar-refractivity contribution >= 4 is 11.6 Å². The van der Waals surface area contributed by atoms with Crippen LogP contribution >= 0.6 is 0 Å². The molecule has 1 unspecified atom stereocenters. The Labute approximate surface area is 133 Å². The van der Waals surface area contributed by atoms with E-state index in [1.807, 2.05) is 43.3 Å². The number of anilines is 1. The normalized spacial score (nSPS) is 11.8. The number of nitrogens with one attached hydrogen (secondary N) is 1. The zero-order chi connectivity index (χ0) is 16.1. The molecule has 3 nitrogen and oxygen atoms in total. The molecule has 0 aliphatic heterocycles. The molecular weight excluding hydrogens is 272 g/mol. The average molecular weight is 296 g/mol. The lowest BCUT2D eigenvalue weighted by Crippen LogP contribution is -2.28. The first-order chi connectivity index (χ1) is 10.5. The van der Waals surface area contributed by atoms with E-state index in [-0.39, 0.29) is 11.9 Å². The van der Waals surface area contributed by atoms with Gasteiger partial charge in [-0.25, -0.2) is 0 Å². The molecule has 0 aliphatic rings. The fraction of sp³-hybridized carbons (Fsp3) is 0.316. The van der Waals surface area contributed by atoms with Crippen LogP contribution in [0.3, 0.4) is 0 Å². The van der Waals surface area contributed by atoms with Crippen LogP contribution in [0.4, 0.5) is 5.69 Å². The summed E-state index contributed by atoms with van der Waals surface area (Å²) in [6.45, 7) is 4.15. The molecule has 2 aromatic carbocycles. The molecule has 0 fully saturated rings. The fourth-order valence-corrected chi connectivity index (χ4v) is 2.39. The highest BCUT2D eigenvalue weighted by Gasteiger charge is 2.14. The van der Waals surface area contributed by atoms with Gasteiger partial charge in [0.25, 0.3) is 5.91 Å². The minimum atomic E-state index is -0.0314. The van der Waals surface area contributed by atoms with Crippen LogP contribution in [0.2, 0.25) is 0 Å². The van der Waals surface area contributed by atoms with E-state index in [1.54, 1.807) is 0 Å². The topological polar surface area (TPSA) is 32.3 Å². The maximum absolute atomic E-state index is 12.5. The molecule has 116 valence electrons. The highest BCUT2D eigenvalue weighted by Crippen LogP contribution is 2.19. The van der Waals surface area contributed by atoms with Crippen molar-refractivity contribution in [3.05, 3.63) is 65.2 Å². The minimum absolute atomic E-state index is 0.0314. The molecule has 0 spiro atoms. The van der Waals surface area contributed by atoms with Crippen LogP contribution in [0.25, 0.3) is 0 Å². The minimum Gasteiger partial charge on any atom is -0.378 e. The van der Waals surface area contributed by atoms with Crippen molar-refractivity contribution in [3.8, 4) is 0 Å². The second kappa shape index (κ2) is 7.12. The molecule has 0 saturated heterocycles. The molecule has 0 saturated carbocycles. The largest absolute Gasteiger partial charge is 0.378 e. The Morgan fingerprint density at radius 2 is 1.82 bits per heavy atom. The van der Waals surface area contributed by atoms with E-state index in [9.17, 15) is 4.79 Å². The summed E-state index contributed by atoms with van der Waals surface area (Å²) in [5.74, 6) is -0.0314. The fourth-order valence-electron chi connectivity index (χ4n) is 2.39. The number of hydrogen-bond donors (Lipinski definition) is 1. The number of aryl methyl sites for hydroxylation is 1. The molecular formula is C19H24N2O. The Bertz CT molecular complexity index is 632. The summed E-state index contributed by atoms with van der Waals surface area (Å²) in [4.78, 5) is 14.5. The van der Waals surface area contributed by atoms with Crippen LogP contribution in [0.1, 0.15) is 40.9 Å². The zero-order valence-corrected chi connectivity index (χ0v) is 13.8. The standard InChI is InChI=1S/C19H24N2O/c1-5-18(15-11-9-14(2)10-12-15)20-19(22)16-7-6-8-17(13-16)21(3)4/h6-13,18H,5H2,1-4H3,(H,20,22). The molecule has 3 heteroatoms. The third kappa shape index (κ3) is 3.88. The molecule has 1 atom stereocenters. The highest BCUT2D eigenvalue weighted by atomic mass is 16.1. The Morgan fingerprint density at radius 1 is 1.14 bits per heavy atom. The third-order valence-electron chi connectivity index (χ3n) is 3.82. The predicted octanol–water partition coefficient (Wildman–Crippen LogP) is 3.94. The van der Waals surface area contributed by atoms with Gasteiger partial charge >= 0.3 is 0 Å². The molecule has 0 aliphatic carbocycles. The van der Waals surface area contributed by atoms with E-state index < -0.39 is 0 Å². The maximum Gasteiger partial charge on any atom is 0.251 e. The molecule has 0 radical (unpaired) electrons. The van der Waals surface area contributed by atoms with Gasteiger partial charge in [-0.3, -0.25) is 4.79 Å². The number of nitrogens with zero attached hydrogens (tertiary/aromatic N) is 1. The molecule has 0 bridgehead atoms. The van der Waals surface area contributed by atoms with Crippen molar-refractivity contribution in [2.75, 3.05) is 19.0 Å². The van der Waals surface area contributed by atoms with E-state index in [0.717, 1.165) is 17.7 Å². The predicted molar refractivity (Wildman–Crippen MR) is 92.4 cm³/mol. The number of amides is 1. The van der Waals surface area contributed by atoms with E-state index in [1.165, 1.54) is 5.56 Å². The van der Waals surface area contributed by atoms with Crippen molar-refractivity contribution < 1.29 is 4.79 Å². The number of carbonyl (C=O) groups excluding carboxylic acids is 1. The summed E-state index contributed by atoms with van der Waals surface area (Å²) in [6.07, 6.45) is 0.863. The highest BCUT2D eigenvalue weighted by molar-refractivity contribution is 5.95. The Kier molecular flexibility index (Phi) is 5.21. The second-order valence-electron chi connectivity index (χ2n) is 5.79. The Morgan fingerprint density at radius 3 is 2.41 bits per heavy atom. The van der Waals surface area contributed by atoms with E-state index in [2.05, 4.69) is 43.4 Å². The maximum atomic E-state index is 12.5. The smallest absolute Gasteiger partial charge is 0.251 e. The van der Waals surface area contributed by atoms with Crippen molar-refractivity contribution in [1.29, 1.82) is 0 Å². The number of carbonyl (C=O) groups is 1. The summed E-state index contributed by atoms with van der Waals surface area (Å²) in [5.41, 5.74) is 4.08. The summed E-state index contributed by atoms with van der Waals surface area (Å²) in [7, 11) is 3.94. The van der Waals surface area contributed by atoms with Crippen molar-refractivity contribution in [1.82, 2.24) is 5.32 Å². The van der Waals surface area contributed by atoms with Gasteiger partial charge < -0.3 is 10.2 Å². The van der Waals surface area contributed by atoms with Gasteiger partial charge in [0.2, 0.25) is 0 Å². The van der Waals surface area contributed by atoms with Gasteiger partial charge in [-0.05, 0) is 37.1 Å². The van der Waals surface area contributed by atoms with Crippen LogP contribution in [0.5, 0.6) is 0 Å². The zero-order valence-electron chi connectivity index (χ0n) is 13.8. The van der Waals surface area contributed by atoms with E-state index in [0.29, 0.717) is 5.56 Å². The summed E-state index contributed by atoms with van der Waals surface area (Å²) in [5, 5.41) is 3.13. The van der Waals surface area contributed by atoms with Crippen molar-refractivity contribution in [2.24, 2.45) is 0 Å². The Hall–Kier alpha value is -2.29. The lowest BCUT2D eigenvalue weighted by Gasteiger charge is -2.19. The van der Waals surface area contributed by atoms with Gasteiger partial charge in [0.05, 0.1) is 6.04 Å². The molecule has 2 rings (SSSR count). The number of benzene rings is 2. The van der Waals surface area contributed by atoms with Crippen molar-refractivity contribution in [2.45, 2.75) is 26.3 Å². The van der Waals surface area contributed by atoms with Gasteiger partial charge in [-0.1, -0.05) is 42.8 Å². The lowest BCUT2D eigenvalue weighted by atomic mass is 10.0. The summed E-state index contributed by atoms with van der Waals surface area (Å²) < 4.78 is 0.